The number of nitrogens with zero attached hydrogens (tertiary/aromatic N) is 2. The molecule has 3 atom stereocenters. The number of aromatic nitrogens is 2. The second kappa shape index (κ2) is 9.71. The van der Waals surface area contributed by atoms with E-state index in [1.165, 1.54) is 0 Å². The van der Waals surface area contributed by atoms with Crippen LogP contribution in [0.1, 0.15) is 24.1 Å². The minimum absolute atomic E-state index is 0.100. The van der Waals surface area contributed by atoms with Crippen molar-refractivity contribution in [1.29, 1.82) is 0 Å². The molecule has 0 spiro atoms. The molecule has 3 aromatic rings. The van der Waals surface area contributed by atoms with Crippen molar-refractivity contribution in [1.82, 2.24) is 15.3 Å². The van der Waals surface area contributed by atoms with Crippen LogP contribution in [-0.4, -0.2) is 65.9 Å². The Morgan fingerprint density at radius 3 is 2.74 bits per heavy atom. The molecular formula is C25H29N3O6. The molecule has 2 aliphatic heterocycles. The van der Waals surface area contributed by atoms with Gasteiger partial charge in [0.25, 0.3) is 0 Å². The Labute approximate surface area is 197 Å². The lowest BCUT2D eigenvalue weighted by molar-refractivity contribution is -0.157. The highest BCUT2D eigenvalue weighted by atomic mass is 16.6. The summed E-state index contributed by atoms with van der Waals surface area (Å²) in [5.74, 6) is 2.04. The minimum atomic E-state index is -1.56. The van der Waals surface area contributed by atoms with E-state index in [0.29, 0.717) is 61.1 Å². The number of ether oxygens (including phenoxy) is 4. The third-order valence-corrected chi connectivity index (χ3v) is 6.52. The predicted octanol–water partition coefficient (Wildman–Crippen LogP) is 1.93. The fourth-order valence-electron chi connectivity index (χ4n) is 4.61. The third kappa shape index (κ3) is 4.39. The number of methoxy groups -OCH3 is 1. The van der Waals surface area contributed by atoms with E-state index in [4.69, 9.17) is 18.9 Å². The van der Waals surface area contributed by atoms with Crippen LogP contribution in [0.15, 0.2) is 42.7 Å². The Morgan fingerprint density at radius 2 is 1.97 bits per heavy atom. The maximum absolute atomic E-state index is 11.6. The molecule has 0 radical (unpaired) electrons. The van der Waals surface area contributed by atoms with Crippen LogP contribution < -0.4 is 19.5 Å². The average Bonchev–Trinajstić information content (AvgIpc) is 2.91. The van der Waals surface area contributed by atoms with E-state index in [9.17, 15) is 10.2 Å². The number of hydrogen-bond acceptors (Lipinski definition) is 9. The van der Waals surface area contributed by atoms with Crippen LogP contribution in [0.25, 0.3) is 10.9 Å². The van der Waals surface area contributed by atoms with Gasteiger partial charge in [-0.3, -0.25) is 9.97 Å². The molecule has 2 aromatic heterocycles. The minimum Gasteiger partial charge on any atom is -0.497 e. The largest absolute Gasteiger partial charge is 0.497 e. The first-order valence-corrected chi connectivity index (χ1v) is 11.5. The normalized spacial score (nSPS) is 21.7. The van der Waals surface area contributed by atoms with Gasteiger partial charge < -0.3 is 34.5 Å². The summed E-state index contributed by atoms with van der Waals surface area (Å²) in [5.41, 5.74) is 0.592. The second-order valence-electron chi connectivity index (χ2n) is 8.62. The van der Waals surface area contributed by atoms with E-state index in [0.717, 1.165) is 17.5 Å². The van der Waals surface area contributed by atoms with E-state index in [-0.39, 0.29) is 6.04 Å². The van der Waals surface area contributed by atoms with Gasteiger partial charge in [0.2, 0.25) is 0 Å². The van der Waals surface area contributed by atoms with Crippen LogP contribution in [0.2, 0.25) is 0 Å². The Bertz CT molecular complexity index is 1150. The lowest BCUT2D eigenvalue weighted by Crippen LogP contribution is -2.50. The maximum atomic E-state index is 11.6. The zero-order valence-electron chi connectivity index (χ0n) is 19.1. The summed E-state index contributed by atoms with van der Waals surface area (Å²) in [6.07, 6.45) is 4.13. The van der Waals surface area contributed by atoms with E-state index < -0.39 is 18.3 Å². The van der Waals surface area contributed by atoms with Gasteiger partial charge in [0.1, 0.15) is 24.6 Å². The highest BCUT2D eigenvalue weighted by Crippen LogP contribution is 2.37. The standard InChI is InChI=1S/C25H29N3O6/c1-31-18-3-4-21-19(11-18)20(6-7-26-21)25(30,15-29)24-5-2-16(14-34-24)27-12-17-10-22-23(13-28-17)33-9-8-32-22/h3-4,6-7,10-11,13,16,24,27,29-30H,2,5,8-9,12,14-15H2,1H3/t16-,24+,25?/m1/s1. The Hall–Kier alpha value is -2.98. The van der Waals surface area contributed by atoms with Gasteiger partial charge in [0, 0.05) is 30.2 Å². The maximum Gasteiger partial charge on any atom is 0.179 e. The molecule has 9 nitrogen and oxygen atoms in total. The summed E-state index contributed by atoms with van der Waals surface area (Å²) in [4.78, 5) is 8.81. The van der Waals surface area contributed by atoms with Crippen LogP contribution in [0.5, 0.6) is 17.2 Å². The Kier molecular flexibility index (Phi) is 6.51. The first kappa shape index (κ1) is 22.8. The molecule has 2 aliphatic rings. The molecule has 0 amide bonds. The first-order valence-electron chi connectivity index (χ1n) is 11.5. The number of pyridine rings is 2. The summed E-state index contributed by atoms with van der Waals surface area (Å²) < 4.78 is 22.6. The average molecular weight is 468 g/mol. The lowest BCUT2D eigenvalue weighted by Gasteiger charge is -2.40. The molecule has 5 rings (SSSR count). The summed E-state index contributed by atoms with van der Waals surface area (Å²) in [5, 5.41) is 26.0. The summed E-state index contributed by atoms with van der Waals surface area (Å²) in [6.45, 7) is 1.58. The van der Waals surface area contributed by atoms with Crippen LogP contribution in [-0.2, 0) is 16.9 Å². The number of hydrogen-bond donors (Lipinski definition) is 3. The summed E-state index contributed by atoms with van der Waals surface area (Å²) in [7, 11) is 1.59. The van der Waals surface area contributed by atoms with Crippen molar-refractivity contribution >= 4 is 10.9 Å². The Morgan fingerprint density at radius 1 is 1.12 bits per heavy atom. The van der Waals surface area contributed by atoms with Crippen molar-refractivity contribution < 1.29 is 29.2 Å². The zero-order chi connectivity index (χ0) is 23.5. The fraction of sp³-hybridized carbons (Fsp3) is 0.440. The van der Waals surface area contributed by atoms with Crippen molar-refractivity contribution in [2.24, 2.45) is 0 Å². The molecule has 3 N–H and O–H groups in total. The van der Waals surface area contributed by atoms with Crippen molar-refractivity contribution in [2.75, 3.05) is 33.5 Å². The number of benzene rings is 1. The Balaban J connectivity index is 1.26. The number of nitrogens with one attached hydrogen (secondary N) is 1. The number of fused-ring (bicyclic) bond motifs is 2. The third-order valence-electron chi connectivity index (χ3n) is 6.52. The topological polar surface area (TPSA) is 115 Å². The van der Waals surface area contributed by atoms with Crippen molar-refractivity contribution in [3.8, 4) is 17.2 Å². The SMILES string of the molecule is COc1ccc2nccc(C(O)(CO)[C@@H]3CC[C@@H](NCc4cc5c(cn4)OCCO5)CO3)c2c1. The van der Waals surface area contributed by atoms with Crippen LogP contribution >= 0.6 is 0 Å². The van der Waals surface area contributed by atoms with Gasteiger partial charge in [0.15, 0.2) is 11.5 Å². The molecular weight excluding hydrogens is 438 g/mol. The number of aliphatic hydroxyl groups is 2. The molecule has 1 aromatic carbocycles. The zero-order valence-corrected chi connectivity index (χ0v) is 19.1. The summed E-state index contributed by atoms with van der Waals surface area (Å²) in [6, 6.07) is 9.21. The molecule has 1 fully saturated rings. The van der Waals surface area contributed by atoms with Crippen LogP contribution in [0, 0.1) is 0 Å². The second-order valence-corrected chi connectivity index (χ2v) is 8.62. The van der Waals surface area contributed by atoms with Crippen LogP contribution in [0.4, 0.5) is 0 Å². The lowest BCUT2D eigenvalue weighted by atomic mass is 9.83. The van der Waals surface area contributed by atoms with Gasteiger partial charge in [-0.2, -0.15) is 0 Å². The fourth-order valence-corrected chi connectivity index (χ4v) is 4.61. The highest BCUT2D eigenvalue weighted by molar-refractivity contribution is 5.84. The van der Waals surface area contributed by atoms with Gasteiger partial charge in [-0.15, -0.1) is 0 Å². The van der Waals surface area contributed by atoms with E-state index in [1.54, 1.807) is 25.6 Å². The van der Waals surface area contributed by atoms with Crippen molar-refractivity contribution in [3.05, 3.63) is 54.0 Å². The van der Waals surface area contributed by atoms with E-state index in [2.05, 4.69) is 15.3 Å². The monoisotopic (exact) mass is 467 g/mol. The van der Waals surface area contributed by atoms with Gasteiger partial charge in [-0.05, 0) is 42.7 Å². The van der Waals surface area contributed by atoms with Gasteiger partial charge >= 0.3 is 0 Å². The molecule has 180 valence electrons. The summed E-state index contributed by atoms with van der Waals surface area (Å²) >= 11 is 0. The molecule has 0 bridgehead atoms. The van der Waals surface area contributed by atoms with Gasteiger partial charge in [-0.25, -0.2) is 0 Å². The molecule has 0 saturated carbocycles. The predicted molar refractivity (Wildman–Crippen MR) is 124 cm³/mol. The molecule has 34 heavy (non-hydrogen) atoms. The molecule has 1 unspecified atom stereocenters. The number of aliphatic hydroxyl groups excluding tert-OH is 1. The van der Waals surface area contributed by atoms with Crippen LogP contribution in [0.3, 0.4) is 0 Å². The van der Waals surface area contributed by atoms with E-state index in [1.807, 2.05) is 24.3 Å². The quantitative estimate of drug-likeness (QED) is 0.479. The van der Waals surface area contributed by atoms with Crippen molar-refractivity contribution in [2.45, 2.75) is 37.1 Å². The highest BCUT2D eigenvalue weighted by Gasteiger charge is 2.42. The molecule has 9 heteroatoms. The van der Waals surface area contributed by atoms with Crippen molar-refractivity contribution in [3.63, 3.8) is 0 Å². The molecule has 0 aliphatic carbocycles. The molecule has 1 saturated heterocycles. The smallest absolute Gasteiger partial charge is 0.179 e. The van der Waals surface area contributed by atoms with Gasteiger partial charge in [0.05, 0.1) is 43.8 Å². The van der Waals surface area contributed by atoms with E-state index >= 15 is 0 Å². The molecule has 4 heterocycles. The number of rotatable bonds is 7. The van der Waals surface area contributed by atoms with Gasteiger partial charge in [-0.1, -0.05) is 0 Å². The first-order chi connectivity index (χ1) is 16.6.